The number of carbonyl (C=O) groups is 1. The molecule has 7 nitrogen and oxygen atoms in total. The van der Waals surface area contributed by atoms with Crippen molar-refractivity contribution in [2.75, 3.05) is 5.32 Å². The lowest BCUT2D eigenvalue weighted by atomic mass is 9.84. The Morgan fingerprint density at radius 3 is 2.75 bits per heavy atom. The average Bonchev–Trinajstić information content (AvgIpc) is 3.20. The number of aryl methyl sites for hydroxylation is 1. The molecule has 32 heavy (non-hydrogen) atoms. The maximum Gasteiger partial charge on any atom is 0.308 e. The van der Waals surface area contributed by atoms with Gasteiger partial charge >= 0.3 is 5.97 Å². The van der Waals surface area contributed by atoms with Crippen molar-refractivity contribution in [3.05, 3.63) is 59.4 Å². The number of benzene rings is 1. The maximum absolute atomic E-state index is 14.4. The van der Waals surface area contributed by atoms with E-state index < -0.39 is 23.7 Å². The molecule has 0 amide bonds. The van der Waals surface area contributed by atoms with Crippen LogP contribution in [0.5, 0.6) is 0 Å². The zero-order valence-corrected chi connectivity index (χ0v) is 17.8. The van der Waals surface area contributed by atoms with E-state index in [1.165, 1.54) is 6.07 Å². The van der Waals surface area contributed by atoms with E-state index in [4.69, 9.17) is 0 Å². The third kappa shape index (κ3) is 4.61. The molecule has 1 aromatic carbocycles. The first-order valence-electron chi connectivity index (χ1n) is 10.8. The minimum atomic E-state index is -0.892. The highest BCUT2D eigenvalue weighted by atomic mass is 19.1. The Kier molecular flexibility index (Phi) is 6.43. The van der Waals surface area contributed by atoms with Gasteiger partial charge in [-0.2, -0.15) is 5.10 Å². The average molecular weight is 441 g/mol. The Balaban J connectivity index is 1.61. The van der Waals surface area contributed by atoms with Crippen LogP contribution in [0.1, 0.15) is 43.9 Å². The van der Waals surface area contributed by atoms with E-state index in [0.717, 1.165) is 24.7 Å². The molecule has 4 rings (SSSR count). The van der Waals surface area contributed by atoms with Crippen molar-refractivity contribution in [3.8, 4) is 11.5 Å². The van der Waals surface area contributed by atoms with Crippen molar-refractivity contribution in [1.82, 2.24) is 19.7 Å². The molecule has 0 aliphatic heterocycles. The number of carboxylic acid groups (broad SMARTS) is 1. The van der Waals surface area contributed by atoms with Crippen LogP contribution in [0.15, 0.2) is 36.5 Å². The number of hydrogen-bond acceptors (Lipinski definition) is 5. The number of hydrogen-bond donors (Lipinski definition) is 2. The summed E-state index contributed by atoms with van der Waals surface area (Å²) in [5.74, 6) is -2.25. The molecule has 168 valence electrons. The number of aliphatic carboxylic acids is 1. The standard InChI is InChI=1S/C23H25F2N5O2/c1-2-15-11-20(29-30(15)13-14-7-3-5-9-17(14)24)22-26-12-18(25)21(28-22)27-19-10-6-4-8-16(19)23(31)32/h3,5,7,9,11-12,16,19H,2,4,6,8,10,13H2,1H3,(H,31,32)(H,26,27,28)/t16-,19-/m1/s1. The largest absolute Gasteiger partial charge is 0.481 e. The second kappa shape index (κ2) is 9.42. The van der Waals surface area contributed by atoms with Crippen LogP contribution >= 0.6 is 0 Å². The fourth-order valence-corrected chi connectivity index (χ4v) is 4.14. The molecule has 0 saturated heterocycles. The molecule has 1 aliphatic carbocycles. The zero-order valence-electron chi connectivity index (χ0n) is 17.8. The fourth-order valence-electron chi connectivity index (χ4n) is 4.14. The molecule has 0 bridgehead atoms. The van der Waals surface area contributed by atoms with Crippen LogP contribution in [0.3, 0.4) is 0 Å². The molecule has 2 heterocycles. The van der Waals surface area contributed by atoms with Crippen molar-refractivity contribution in [2.24, 2.45) is 5.92 Å². The normalized spacial score (nSPS) is 18.5. The molecule has 9 heteroatoms. The topological polar surface area (TPSA) is 92.9 Å². The molecule has 0 spiro atoms. The van der Waals surface area contributed by atoms with Crippen molar-refractivity contribution in [1.29, 1.82) is 0 Å². The van der Waals surface area contributed by atoms with Crippen LogP contribution in [-0.4, -0.2) is 36.9 Å². The molecule has 2 N–H and O–H groups in total. The van der Waals surface area contributed by atoms with Crippen LogP contribution in [0.25, 0.3) is 11.5 Å². The number of rotatable bonds is 7. The van der Waals surface area contributed by atoms with E-state index in [2.05, 4.69) is 20.4 Å². The van der Waals surface area contributed by atoms with E-state index in [-0.39, 0.29) is 24.0 Å². The smallest absolute Gasteiger partial charge is 0.308 e. The molecule has 0 unspecified atom stereocenters. The highest BCUT2D eigenvalue weighted by Gasteiger charge is 2.31. The molecule has 3 aromatic rings. The number of carboxylic acids is 1. The maximum atomic E-state index is 14.4. The number of anilines is 1. The van der Waals surface area contributed by atoms with E-state index >= 15 is 0 Å². The molecule has 0 radical (unpaired) electrons. The van der Waals surface area contributed by atoms with Gasteiger partial charge in [-0.3, -0.25) is 9.48 Å². The lowest BCUT2D eigenvalue weighted by Crippen LogP contribution is -2.37. The van der Waals surface area contributed by atoms with Gasteiger partial charge < -0.3 is 10.4 Å². The third-order valence-electron chi connectivity index (χ3n) is 5.88. The first-order valence-corrected chi connectivity index (χ1v) is 10.8. The predicted octanol–water partition coefficient (Wildman–Crippen LogP) is 4.28. The number of aromatic nitrogens is 4. The van der Waals surface area contributed by atoms with Crippen LogP contribution in [0, 0.1) is 17.6 Å². The monoisotopic (exact) mass is 441 g/mol. The summed E-state index contributed by atoms with van der Waals surface area (Å²) in [4.78, 5) is 20.0. The molecule has 1 fully saturated rings. The second-order valence-corrected chi connectivity index (χ2v) is 7.99. The highest BCUT2D eigenvalue weighted by Crippen LogP contribution is 2.28. The quantitative estimate of drug-likeness (QED) is 0.568. The van der Waals surface area contributed by atoms with E-state index in [0.29, 0.717) is 30.5 Å². The molecular formula is C23H25F2N5O2. The zero-order chi connectivity index (χ0) is 22.7. The number of halogens is 2. The van der Waals surface area contributed by atoms with Gasteiger partial charge in [-0.1, -0.05) is 38.0 Å². The summed E-state index contributed by atoms with van der Waals surface area (Å²) in [5.41, 5.74) is 1.82. The SMILES string of the molecule is CCc1cc(-c2ncc(F)c(N[C@@H]3CCCC[C@H]3C(=O)O)n2)nn1Cc1ccccc1F. The van der Waals surface area contributed by atoms with Crippen LogP contribution < -0.4 is 5.32 Å². The fraction of sp³-hybridized carbons (Fsp3) is 0.391. The summed E-state index contributed by atoms with van der Waals surface area (Å²) >= 11 is 0. The van der Waals surface area contributed by atoms with E-state index in [1.807, 2.05) is 6.92 Å². The lowest BCUT2D eigenvalue weighted by Gasteiger charge is -2.29. The predicted molar refractivity (Wildman–Crippen MR) is 115 cm³/mol. The first kappa shape index (κ1) is 21.9. The third-order valence-corrected chi connectivity index (χ3v) is 5.88. The first-order chi connectivity index (χ1) is 15.5. The molecule has 2 atom stereocenters. The Labute approximate surface area is 184 Å². The molecular weight excluding hydrogens is 416 g/mol. The summed E-state index contributed by atoms with van der Waals surface area (Å²) in [6.45, 7) is 2.22. The van der Waals surface area contributed by atoms with Gasteiger partial charge in [0, 0.05) is 17.3 Å². The summed E-state index contributed by atoms with van der Waals surface area (Å²) in [6, 6.07) is 7.92. The van der Waals surface area contributed by atoms with E-state index in [1.54, 1.807) is 28.9 Å². The molecule has 1 saturated carbocycles. The second-order valence-electron chi connectivity index (χ2n) is 7.99. The Morgan fingerprint density at radius 2 is 2.00 bits per heavy atom. The van der Waals surface area contributed by atoms with Gasteiger partial charge in [-0.25, -0.2) is 18.7 Å². The summed E-state index contributed by atoms with van der Waals surface area (Å²) in [5, 5.41) is 17.0. The van der Waals surface area contributed by atoms with Gasteiger partial charge in [0.1, 0.15) is 11.5 Å². The highest BCUT2D eigenvalue weighted by molar-refractivity contribution is 5.71. The minimum absolute atomic E-state index is 0.0325. The Morgan fingerprint density at radius 1 is 1.22 bits per heavy atom. The van der Waals surface area contributed by atoms with Crippen LogP contribution in [0.2, 0.25) is 0 Å². The minimum Gasteiger partial charge on any atom is -0.481 e. The van der Waals surface area contributed by atoms with Crippen molar-refractivity contribution >= 4 is 11.8 Å². The van der Waals surface area contributed by atoms with Gasteiger partial charge in [0.2, 0.25) is 0 Å². The van der Waals surface area contributed by atoms with E-state index in [9.17, 15) is 18.7 Å². The number of nitrogens with zero attached hydrogens (tertiary/aromatic N) is 4. The van der Waals surface area contributed by atoms with Gasteiger partial charge in [0.15, 0.2) is 17.5 Å². The van der Waals surface area contributed by atoms with Gasteiger partial charge in [-0.15, -0.1) is 0 Å². The summed E-state index contributed by atoms with van der Waals surface area (Å²) < 4.78 is 30.2. The van der Waals surface area contributed by atoms with Crippen molar-refractivity contribution in [2.45, 2.75) is 51.6 Å². The Bertz CT molecular complexity index is 1120. The van der Waals surface area contributed by atoms with Crippen molar-refractivity contribution < 1.29 is 18.7 Å². The van der Waals surface area contributed by atoms with Crippen LogP contribution in [-0.2, 0) is 17.8 Å². The summed E-state index contributed by atoms with van der Waals surface area (Å²) in [7, 11) is 0. The van der Waals surface area contributed by atoms with Gasteiger partial charge in [0.05, 0.1) is 18.7 Å². The van der Waals surface area contributed by atoms with Crippen LogP contribution in [0.4, 0.5) is 14.6 Å². The Hall–Kier alpha value is -3.36. The lowest BCUT2D eigenvalue weighted by molar-refractivity contribution is -0.143. The summed E-state index contributed by atoms with van der Waals surface area (Å²) in [6.07, 6.45) is 4.62. The molecule has 1 aliphatic rings. The number of nitrogens with one attached hydrogen (secondary N) is 1. The van der Waals surface area contributed by atoms with Gasteiger partial charge in [0.25, 0.3) is 0 Å². The van der Waals surface area contributed by atoms with Crippen molar-refractivity contribution in [3.63, 3.8) is 0 Å². The molecule has 2 aromatic heterocycles. The van der Waals surface area contributed by atoms with Gasteiger partial charge in [-0.05, 0) is 31.4 Å².